The summed E-state index contributed by atoms with van der Waals surface area (Å²) in [6.07, 6.45) is 0.437. The topological polar surface area (TPSA) is 41.6 Å². The Morgan fingerprint density at radius 3 is 2.42 bits per heavy atom. The van der Waals surface area contributed by atoms with Gasteiger partial charge >= 0.3 is 6.09 Å². The minimum absolute atomic E-state index is 0.400. The molecule has 2 aromatic rings. The second-order valence-corrected chi connectivity index (χ2v) is 5.65. The molecule has 0 bridgehead atoms. The van der Waals surface area contributed by atoms with Gasteiger partial charge in [-0.2, -0.15) is 0 Å². The zero-order chi connectivity index (χ0) is 17.2. The van der Waals surface area contributed by atoms with Crippen molar-refractivity contribution in [2.45, 2.75) is 20.3 Å². The van der Waals surface area contributed by atoms with Crippen LogP contribution in [0.5, 0.6) is 0 Å². The number of nitrogens with one attached hydrogen (secondary N) is 1. The van der Waals surface area contributed by atoms with E-state index in [4.69, 9.17) is 4.74 Å². The first-order chi connectivity index (χ1) is 11.7. The minimum atomic E-state index is -0.404. The second-order valence-electron chi connectivity index (χ2n) is 5.65. The highest BCUT2D eigenvalue weighted by molar-refractivity contribution is 5.84. The third-order valence-corrected chi connectivity index (χ3v) is 3.96. The number of anilines is 1. The van der Waals surface area contributed by atoms with Crippen molar-refractivity contribution in [3.05, 3.63) is 65.7 Å². The molecule has 4 heteroatoms. The van der Waals surface area contributed by atoms with Crippen molar-refractivity contribution in [1.82, 2.24) is 4.90 Å². The second kappa shape index (κ2) is 9.73. The molecule has 0 saturated carbocycles. The summed E-state index contributed by atoms with van der Waals surface area (Å²) in [6, 6.07) is 18.1. The first-order valence-corrected chi connectivity index (χ1v) is 8.50. The van der Waals surface area contributed by atoms with Gasteiger partial charge in [0.15, 0.2) is 0 Å². The smallest absolute Gasteiger partial charge is 0.411 e. The molecule has 24 heavy (non-hydrogen) atoms. The summed E-state index contributed by atoms with van der Waals surface area (Å²) in [4.78, 5) is 14.1. The van der Waals surface area contributed by atoms with E-state index in [0.717, 1.165) is 37.3 Å². The highest BCUT2D eigenvalue weighted by Crippen LogP contribution is 2.15. The van der Waals surface area contributed by atoms with Crippen LogP contribution < -0.4 is 5.32 Å². The molecule has 1 N–H and O–H groups in total. The Morgan fingerprint density at radius 1 is 1.00 bits per heavy atom. The first-order valence-electron chi connectivity index (χ1n) is 8.50. The fourth-order valence-electron chi connectivity index (χ4n) is 2.55. The monoisotopic (exact) mass is 326 g/mol. The molecule has 2 rings (SSSR count). The van der Waals surface area contributed by atoms with Crippen molar-refractivity contribution in [3.8, 4) is 0 Å². The van der Waals surface area contributed by atoms with Crippen LogP contribution in [0.3, 0.4) is 0 Å². The van der Waals surface area contributed by atoms with Gasteiger partial charge in [-0.15, -0.1) is 0 Å². The summed E-state index contributed by atoms with van der Waals surface area (Å²) < 4.78 is 5.25. The van der Waals surface area contributed by atoms with Crippen LogP contribution in [-0.4, -0.2) is 37.2 Å². The van der Waals surface area contributed by atoms with Crippen molar-refractivity contribution in [3.63, 3.8) is 0 Å². The van der Waals surface area contributed by atoms with E-state index in [0.29, 0.717) is 6.61 Å². The molecule has 0 aliphatic carbocycles. The summed E-state index contributed by atoms with van der Waals surface area (Å²) in [5.41, 5.74) is 3.16. The van der Waals surface area contributed by atoms with Crippen LogP contribution in [-0.2, 0) is 11.2 Å². The van der Waals surface area contributed by atoms with Crippen LogP contribution >= 0.6 is 0 Å². The molecule has 0 radical (unpaired) electrons. The summed E-state index contributed by atoms with van der Waals surface area (Å²) in [6.45, 7) is 7.28. The lowest BCUT2D eigenvalue weighted by Gasteiger charge is -2.17. The molecule has 0 unspecified atom stereocenters. The van der Waals surface area contributed by atoms with E-state index >= 15 is 0 Å². The van der Waals surface area contributed by atoms with E-state index in [1.165, 1.54) is 5.56 Å². The molecule has 1 amide bonds. The lowest BCUT2D eigenvalue weighted by atomic mass is 10.0. The number of benzene rings is 2. The molecule has 128 valence electrons. The summed E-state index contributed by atoms with van der Waals surface area (Å²) in [7, 11) is 0. The number of hydrogen-bond acceptors (Lipinski definition) is 3. The Kier molecular flexibility index (Phi) is 7.30. The Hall–Kier alpha value is -2.33. The third kappa shape index (κ3) is 6.05. The molecule has 0 saturated heterocycles. The van der Waals surface area contributed by atoms with Crippen molar-refractivity contribution < 1.29 is 9.53 Å². The quantitative estimate of drug-likeness (QED) is 0.791. The lowest BCUT2D eigenvalue weighted by Crippen LogP contribution is -2.28. The van der Waals surface area contributed by atoms with Crippen LogP contribution in [0.4, 0.5) is 10.5 Å². The largest absolute Gasteiger partial charge is 0.448 e. The average molecular weight is 326 g/mol. The SMILES string of the molecule is CCN(CC)CCOC(=O)Nc1cccc(Cc2ccccc2)c1. The molecule has 0 aliphatic heterocycles. The number of carbonyl (C=O) groups is 1. The van der Waals surface area contributed by atoms with Gasteiger partial charge in [-0.25, -0.2) is 4.79 Å². The number of rotatable bonds is 8. The van der Waals surface area contributed by atoms with Gasteiger partial charge in [0.25, 0.3) is 0 Å². The summed E-state index contributed by atoms with van der Waals surface area (Å²) in [5.74, 6) is 0. The third-order valence-electron chi connectivity index (χ3n) is 3.96. The Balaban J connectivity index is 1.84. The number of likely N-dealkylation sites (N-methyl/N-ethyl adjacent to an activating group) is 1. The van der Waals surface area contributed by atoms with Crippen LogP contribution in [0.25, 0.3) is 0 Å². The molecule has 0 aliphatic rings. The maximum atomic E-state index is 11.9. The molecule has 0 heterocycles. The van der Waals surface area contributed by atoms with Gasteiger partial charge in [0, 0.05) is 12.2 Å². The first kappa shape index (κ1) is 18.0. The molecule has 0 atom stereocenters. The van der Waals surface area contributed by atoms with Gasteiger partial charge in [0.1, 0.15) is 6.61 Å². The van der Waals surface area contributed by atoms with Gasteiger partial charge < -0.3 is 9.64 Å². The maximum absolute atomic E-state index is 11.9. The lowest BCUT2D eigenvalue weighted by molar-refractivity contribution is 0.142. The van der Waals surface area contributed by atoms with E-state index in [1.54, 1.807) is 0 Å². The van der Waals surface area contributed by atoms with E-state index in [-0.39, 0.29) is 0 Å². The summed E-state index contributed by atoms with van der Waals surface area (Å²) >= 11 is 0. The van der Waals surface area contributed by atoms with Crippen molar-refractivity contribution in [2.24, 2.45) is 0 Å². The fourth-order valence-corrected chi connectivity index (χ4v) is 2.55. The van der Waals surface area contributed by atoms with Crippen molar-refractivity contribution >= 4 is 11.8 Å². The van der Waals surface area contributed by atoms with E-state index in [9.17, 15) is 4.79 Å². The molecule has 2 aromatic carbocycles. The highest BCUT2D eigenvalue weighted by Gasteiger charge is 2.06. The number of ether oxygens (including phenoxy) is 1. The molecule has 0 spiro atoms. The number of amides is 1. The Labute approximate surface area is 144 Å². The van der Waals surface area contributed by atoms with Crippen molar-refractivity contribution in [2.75, 3.05) is 31.6 Å². The average Bonchev–Trinajstić information content (AvgIpc) is 2.60. The van der Waals surface area contributed by atoms with E-state index < -0.39 is 6.09 Å². The minimum Gasteiger partial charge on any atom is -0.448 e. The predicted molar refractivity (Wildman–Crippen MR) is 98.4 cm³/mol. The molecule has 0 aromatic heterocycles. The molecular weight excluding hydrogens is 300 g/mol. The molecule has 4 nitrogen and oxygen atoms in total. The highest BCUT2D eigenvalue weighted by atomic mass is 16.5. The Morgan fingerprint density at radius 2 is 1.71 bits per heavy atom. The van der Waals surface area contributed by atoms with E-state index in [2.05, 4.69) is 42.3 Å². The van der Waals surface area contributed by atoms with Gasteiger partial charge in [-0.05, 0) is 42.8 Å². The molecule has 0 fully saturated rings. The van der Waals surface area contributed by atoms with E-state index in [1.807, 2.05) is 36.4 Å². The normalized spacial score (nSPS) is 10.6. The number of nitrogens with zero attached hydrogens (tertiary/aromatic N) is 1. The Bertz CT molecular complexity index is 625. The zero-order valence-corrected chi connectivity index (χ0v) is 14.5. The zero-order valence-electron chi connectivity index (χ0n) is 14.5. The van der Waals surface area contributed by atoms with Crippen LogP contribution in [0, 0.1) is 0 Å². The van der Waals surface area contributed by atoms with Gasteiger partial charge in [-0.1, -0.05) is 56.3 Å². The van der Waals surface area contributed by atoms with Gasteiger partial charge in [-0.3, -0.25) is 5.32 Å². The fraction of sp³-hybridized carbons (Fsp3) is 0.350. The number of carbonyl (C=O) groups excluding carboxylic acids is 1. The van der Waals surface area contributed by atoms with Gasteiger partial charge in [0.2, 0.25) is 0 Å². The standard InChI is InChI=1S/C20H26N2O2/c1-3-22(4-2)13-14-24-20(23)21-19-12-8-11-18(16-19)15-17-9-6-5-7-10-17/h5-12,16H,3-4,13-15H2,1-2H3,(H,21,23). The molecular formula is C20H26N2O2. The van der Waals surface area contributed by atoms with Crippen LogP contribution in [0.2, 0.25) is 0 Å². The maximum Gasteiger partial charge on any atom is 0.411 e. The summed E-state index contributed by atoms with van der Waals surface area (Å²) in [5, 5.41) is 2.80. The van der Waals surface area contributed by atoms with Gasteiger partial charge in [0.05, 0.1) is 0 Å². The van der Waals surface area contributed by atoms with Crippen LogP contribution in [0.15, 0.2) is 54.6 Å². The predicted octanol–water partition coefficient (Wildman–Crippen LogP) is 4.17. The van der Waals surface area contributed by atoms with Crippen molar-refractivity contribution in [1.29, 1.82) is 0 Å². The number of hydrogen-bond donors (Lipinski definition) is 1. The van der Waals surface area contributed by atoms with Crippen LogP contribution in [0.1, 0.15) is 25.0 Å².